The normalized spacial score (nSPS) is 20.4. The van der Waals surface area contributed by atoms with Gasteiger partial charge in [-0.25, -0.2) is 4.98 Å². The predicted molar refractivity (Wildman–Crippen MR) is 66.9 cm³/mol. The van der Waals surface area contributed by atoms with Crippen LogP contribution in [0.15, 0.2) is 18.3 Å². The summed E-state index contributed by atoms with van der Waals surface area (Å²) in [5.41, 5.74) is 1.06. The first-order chi connectivity index (χ1) is 7.83. The molecule has 3 heterocycles. The van der Waals surface area contributed by atoms with Crippen LogP contribution in [0.3, 0.4) is 0 Å². The van der Waals surface area contributed by atoms with Crippen molar-refractivity contribution in [3.8, 4) is 10.6 Å². The predicted octanol–water partition coefficient (Wildman–Crippen LogP) is 3.22. The number of hydrogen-bond acceptors (Lipinski definition) is 3. The highest BCUT2D eigenvalue weighted by atomic mass is 35.5. The third-order valence-electron chi connectivity index (χ3n) is 2.82. The smallest absolute Gasteiger partial charge is 0.123 e. The van der Waals surface area contributed by atoms with Crippen LogP contribution in [-0.2, 0) is 0 Å². The third kappa shape index (κ3) is 1.88. The third-order valence-corrected chi connectivity index (χ3v) is 4.09. The van der Waals surface area contributed by atoms with Gasteiger partial charge >= 0.3 is 0 Å². The molecule has 0 aliphatic carbocycles. The molecule has 0 amide bonds. The molecule has 0 aromatic carbocycles. The number of thiophene rings is 1. The Bertz CT molecular complexity index is 485. The minimum atomic E-state index is 0.393. The molecule has 0 radical (unpaired) electrons. The largest absolute Gasteiger partial charge is 0.340 e. The zero-order valence-electron chi connectivity index (χ0n) is 8.66. The van der Waals surface area contributed by atoms with Crippen LogP contribution < -0.4 is 5.32 Å². The second kappa shape index (κ2) is 4.20. The molecule has 0 bridgehead atoms. The lowest BCUT2D eigenvalue weighted by Gasteiger charge is -2.04. The number of nitrogens with one attached hydrogen (secondary N) is 2. The Morgan fingerprint density at radius 2 is 2.38 bits per heavy atom. The number of hydrogen-bond donors (Lipinski definition) is 2. The van der Waals surface area contributed by atoms with Gasteiger partial charge in [-0.3, -0.25) is 0 Å². The van der Waals surface area contributed by atoms with E-state index in [0.717, 1.165) is 33.7 Å². The Morgan fingerprint density at radius 3 is 3.06 bits per heavy atom. The monoisotopic (exact) mass is 253 g/mol. The van der Waals surface area contributed by atoms with Gasteiger partial charge in [-0.15, -0.1) is 11.3 Å². The Kier molecular flexibility index (Phi) is 2.71. The first-order valence-electron chi connectivity index (χ1n) is 5.37. The van der Waals surface area contributed by atoms with Gasteiger partial charge < -0.3 is 10.3 Å². The summed E-state index contributed by atoms with van der Waals surface area (Å²) < 4.78 is 0.810. The topological polar surface area (TPSA) is 40.7 Å². The van der Waals surface area contributed by atoms with E-state index < -0.39 is 0 Å². The molecule has 3 rings (SSSR count). The fourth-order valence-corrected chi connectivity index (χ4v) is 3.02. The highest BCUT2D eigenvalue weighted by molar-refractivity contribution is 7.19. The quantitative estimate of drug-likeness (QED) is 0.863. The fourth-order valence-electron chi connectivity index (χ4n) is 2.02. The lowest BCUT2D eigenvalue weighted by Crippen LogP contribution is -2.14. The van der Waals surface area contributed by atoms with E-state index in [-0.39, 0.29) is 0 Å². The minimum Gasteiger partial charge on any atom is -0.340 e. The first kappa shape index (κ1) is 10.3. The van der Waals surface area contributed by atoms with Crippen LogP contribution in [0.5, 0.6) is 0 Å². The molecule has 0 saturated carbocycles. The Labute approximate surface area is 103 Å². The van der Waals surface area contributed by atoms with Gasteiger partial charge in [0.1, 0.15) is 5.82 Å². The number of halogens is 1. The van der Waals surface area contributed by atoms with Crippen molar-refractivity contribution in [1.82, 2.24) is 15.3 Å². The van der Waals surface area contributed by atoms with E-state index in [2.05, 4.69) is 15.3 Å². The number of aromatic nitrogens is 2. The average molecular weight is 254 g/mol. The van der Waals surface area contributed by atoms with E-state index in [1.807, 2.05) is 18.3 Å². The highest BCUT2D eigenvalue weighted by Gasteiger charge is 2.19. The molecule has 1 unspecified atom stereocenters. The number of H-pyrrole nitrogens is 1. The van der Waals surface area contributed by atoms with Crippen LogP contribution in [0.4, 0.5) is 0 Å². The zero-order valence-corrected chi connectivity index (χ0v) is 10.2. The number of imidazole rings is 1. The molecule has 0 spiro atoms. The Hall–Kier alpha value is -0.840. The maximum Gasteiger partial charge on any atom is 0.123 e. The van der Waals surface area contributed by atoms with Crippen molar-refractivity contribution in [1.29, 1.82) is 0 Å². The molecular weight excluding hydrogens is 242 g/mol. The van der Waals surface area contributed by atoms with Gasteiger partial charge in [0.05, 0.1) is 27.1 Å². The molecule has 1 atom stereocenters. The van der Waals surface area contributed by atoms with Gasteiger partial charge in [0.15, 0.2) is 0 Å². The number of rotatable bonds is 2. The van der Waals surface area contributed by atoms with Crippen molar-refractivity contribution < 1.29 is 0 Å². The van der Waals surface area contributed by atoms with Gasteiger partial charge in [-0.05, 0) is 31.5 Å². The summed E-state index contributed by atoms with van der Waals surface area (Å²) in [5, 5.41) is 3.43. The summed E-state index contributed by atoms with van der Waals surface area (Å²) >= 11 is 7.49. The minimum absolute atomic E-state index is 0.393. The summed E-state index contributed by atoms with van der Waals surface area (Å²) in [6, 6.07) is 4.33. The molecule has 16 heavy (non-hydrogen) atoms. The standard InChI is InChI=1S/C11H12ClN3S/c12-10-4-3-9(16-10)8-6-14-11(15-8)7-2-1-5-13-7/h3-4,6-7,13H,1-2,5H2,(H,14,15). The summed E-state index contributed by atoms with van der Waals surface area (Å²) in [7, 11) is 0. The van der Waals surface area contributed by atoms with Gasteiger partial charge in [0, 0.05) is 0 Å². The van der Waals surface area contributed by atoms with E-state index in [0.29, 0.717) is 6.04 Å². The van der Waals surface area contributed by atoms with Gasteiger partial charge in [-0.2, -0.15) is 0 Å². The highest BCUT2D eigenvalue weighted by Crippen LogP contribution is 2.31. The van der Waals surface area contributed by atoms with Crippen LogP contribution in [-0.4, -0.2) is 16.5 Å². The molecular formula is C11H12ClN3S. The number of nitrogens with zero attached hydrogens (tertiary/aromatic N) is 1. The van der Waals surface area contributed by atoms with Gasteiger partial charge in [0.25, 0.3) is 0 Å². The molecule has 3 nitrogen and oxygen atoms in total. The van der Waals surface area contributed by atoms with Crippen LogP contribution in [0.25, 0.3) is 10.6 Å². The SMILES string of the molecule is Clc1ccc(-c2cnc(C3CCCN3)[nH]2)s1. The summed E-state index contributed by atoms with van der Waals surface area (Å²) in [6.07, 6.45) is 4.28. The second-order valence-corrected chi connectivity index (χ2v) is 5.65. The van der Waals surface area contributed by atoms with Crippen LogP contribution in [0, 0.1) is 0 Å². The Morgan fingerprint density at radius 1 is 1.44 bits per heavy atom. The van der Waals surface area contributed by atoms with E-state index in [4.69, 9.17) is 11.6 Å². The fraction of sp³-hybridized carbons (Fsp3) is 0.364. The molecule has 5 heteroatoms. The molecule has 1 aliphatic heterocycles. The molecule has 1 aliphatic rings. The van der Waals surface area contributed by atoms with Crippen LogP contribution >= 0.6 is 22.9 Å². The zero-order chi connectivity index (χ0) is 11.0. The maximum absolute atomic E-state index is 5.92. The van der Waals surface area contributed by atoms with Crippen molar-refractivity contribution in [2.24, 2.45) is 0 Å². The van der Waals surface area contributed by atoms with Gasteiger partial charge in [-0.1, -0.05) is 11.6 Å². The van der Waals surface area contributed by atoms with Crippen LogP contribution in [0.2, 0.25) is 4.34 Å². The lowest BCUT2D eigenvalue weighted by atomic mass is 10.2. The molecule has 2 aromatic heterocycles. The maximum atomic E-state index is 5.92. The summed E-state index contributed by atoms with van der Waals surface area (Å²) in [5.74, 6) is 1.04. The van der Waals surface area contributed by atoms with Gasteiger partial charge in [0.2, 0.25) is 0 Å². The first-order valence-corrected chi connectivity index (χ1v) is 6.56. The average Bonchev–Trinajstić information content (AvgIpc) is 2.97. The van der Waals surface area contributed by atoms with E-state index in [1.165, 1.54) is 6.42 Å². The van der Waals surface area contributed by atoms with Crippen molar-refractivity contribution in [3.63, 3.8) is 0 Å². The van der Waals surface area contributed by atoms with Crippen molar-refractivity contribution in [2.45, 2.75) is 18.9 Å². The molecule has 1 fully saturated rings. The van der Waals surface area contributed by atoms with Crippen molar-refractivity contribution in [2.75, 3.05) is 6.54 Å². The lowest BCUT2D eigenvalue weighted by molar-refractivity contribution is 0.613. The Balaban J connectivity index is 1.87. The van der Waals surface area contributed by atoms with Crippen molar-refractivity contribution in [3.05, 3.63) is 28.5 Å². The van der Waals surface area contributed by atoms with Crippen molar-refractivity contribution >= 4 is 22.9 Å². The second-order valence-electron chi connectivity index (χ2n) is 3.93. The van der Waals surface area contributed by atoms with E-state index in [1.54, 1.807) is 11.3 Å². The van der Waals surface area contributed by atoms with Crippen LogP contribution in [0.1, 0.15) is 24.7 Å². The molecule has 2 N–H and O–H groups in total. The number of aromatic amines is 1. The molecule has 1 saturated heterocycles. The van der Waals surface area contributed by atoms with E-state index >= 15 is 0 Å². The molecule has 2 aromatic rings. The van der Waals surface area contributed by atoms with E-state index in [9.17, 15) is 0 Å². The summed E-state index contributed by atoms with van der Waals surface area (Å²) in [4.78, 5) is 8.93. The molecule has 84 valence electrons. The summed E-state index contributed by atoms with van der Waals surface area (Å²) in [6.45, 7) is 1.09.